The van der Waals surface area contributed by atoms with Crippen LogP contribution in [0.5, 0.6) is 11.6 Å². The van der Waals surface area contributed by atoms with Crippen molar-refractivity contribution in [3.05, 3.63) is 83.6 Å². The molecule has 8 heteroatoms. The second-order valence-corrected chi connectivity index (χ2v) is 7.24. The molecule has 1 fully saturated rings. The van der Waals surface area contributed by atoms with Gasteiger partial charge in [-0.2, -0.15) is 0 Å². The number of aryl methyl sites for hydroxylation is 1. The fourth-order valence-corrected chi connectivity index (χ4v) is 3.54. The second-order valence-electron chi connectivity index (χ2n) is 7.24. The predicted molar refractivity (Wildman–Crippen MR) is 114 cm³/mol. The summed E-state index contributed by atoms with van der Waals surface area (Å²) in [7, 11) is 0. The Hall–Kier alpha value is -3.68. The van der Waals surface area contributed by atoms with E-state index in [2.05, 4.69) is 15.0 Å². The van der Waals surface area contributed by atoms with Crippen LogP contribution in [0.15, 0.2) is 65.8 Å². The van der Waals surface area contributed by atoms with Crippen molar-refractivity contribution in [2.45, 2.75) is 6.92 Å². The summed E-state index contributed by atoms with van der Waals surface area (Å²) in [5.74, 6) is 0.184. The maximum absolute atomic E-state index is 13.6. The summed E-state index contributed by atoms with van der Waals surface area (Å²) in [6.07, 6.45) is 0. The lowest BCUT2D eigenvalue weighted by atomic mass is 10.1. The maximum Gasteiger partial charge on any atom is 0.230 e. The largest absolute Gasteiger partial charge is 0.438 e. The summed E-state index contributed by atoms with van der Waals surface area (Å²) >= 11 is 0. The molecular formula is C23H22F2N4O2. The number of halogens is 2. The first kappa shape index (κ1) is 20.6. The van der Waals surface area contributed by atoms with Gasteiger partial charge in [0.1, 0.15) is 17.4 Å². The third kappa shape index (κ3) is 4.74. The third-order valence-corrected chi connectivity index (χ3v) is 5.12. The van der Waals surface area contributed by atoms with Crippen molar-refractivity contribution >= 4 is 11.5 Å². The Balaban J connectivity index is 1.54. The van der Waals surface area contributed by atoms with Crippen LogP contribution in [0.4, 0.5) is 14.5 Å². The summed E-state index contributed by atoms with van der Waals surface area (Å²) in [5, 5.41) is 13.3. The molecule has 0 bridgehead atoms. The molecule has 1 saturated heterocycles. The molecule has 0 saturated carbocycles. The van der Waals surface area contributed by atoms with Crippen LogP contribution in [0.2, 0.25) is 0 Å². The fourth-order valence-electron chi connectivity index (χ4n) is 3.54. The zero-order valence-electron chi connectivity index (χ0n) is 17.0. The minimum atomic E-state index is -0.417. The van der Waals surface area contributed by atoms with Crippen molar-refractivity contribution < 1.29 is 18.7 Å². The molecule has 2 heterocycles. The van der Waals surface area contributed by atoms with Crippen LogP contribution in [-0.4, -0.2) is 47.1 Å². The quantitative estimate of drug-likeness (QED) is 0.291. The average molecular weight is 424 g/mol. The Bertz CT molecular complexity index is 1080. The van der Waals surface area contributed by atoms with E-state index in [9.17, 15) is 14.0 Å². The highest BCUT2D eigenvalue weighted by Crippen LogP contribution is 2.27. The maximum atomic E-state index is 13.6. The SMILES string of the molecule is Cc1ccc(/C(=N/O)N2CCN(c3ccc(F)cc3)CC2)c(Oc2cccc(F)c2)n1. The molecule has 160 valence electrons. The van der Waals surface area contributed by atoms with Crippen LogP contribution in [0.1, 0.15) is 11.3 Å². The van der Waals surface area contributed by atoms with E-state index in [0.717, 1.165) is 5.69 Å². The van der Waals surface area contributed by atoms with E-state index in [4.69, 9.17) is 4.74 Å². The number of hydrogen-bond acceptors (Lipinski definition) is 5. The van der Waals surface area contributed by atoms with Crippen LogP contribution in [-0.2, 0) is 0 Å². The van der Waals surface area contributed by atoms with Gasteiger partial charge in [0.2, 0.25) is 5.88 Å². The second kappa shape index (κ2) is 8.99. The highest BCUT2D eigenvalue weighted by molar-refractivity contribution is 6.00. The van der Waals surface area contributed by atoms with Gasteiger partial charge in [-0.25, -0.2) is 13.8 Å². The Morgan fingerprint density at radius 3 is 2.39 bits per heavy atom. The Morgan fingerprint density at radius 1 is 0.968 bits per heavy atom. The minimum absolute atomic E-state index is 0.236. The average Bonchev–Trinajstić information content (AvgIpc) is 2.77. The first-order chi connectivity index (χ1) is 15.0. The predicted octanol–water partition coefficient (Wildman–Crippen LogP) is 4.42. The van der Waals surface area contributed by atoms with Crippen LogP contribution in [0.3, 0.4) is 0 Å². The number of aromatic nitrogens is 1. The fraction of sp³-hybridized carbons (Fsp3) is 0.217. The molecule has 0 radical (unpaired) electrons. The highest BCUT2D eigenvalue weighted by atomic mass is 19.1. The summed E-state index contributed by atoms with van der Waals surface area (Å²) in [5.41, 5.74) is 2.16. The minimum Gasteiger partial charge on any atom is -0.438 e. The van der Waals surface area contributed by atoms with Gasteiger partial charge in [0.25, 0.3) is 0 Å². The Kier molecular flexibility index (Phi) is 5.97. The molecule has 1 aromatic heterocycles. The van der Waals surface area contributed by atoms with Crippen LogP contribution < -0.4 is 9.64 Å². The molecule has 0 unspecified atom stereocenters. The van der Waals surface area contributed by atoms with E-state index in [1.807, 2.05) is 11.8 Å². The number of oxime groups is 1. The summed E-state index contributed by atoms with van der Waals surface area (Å²) < 4.78 is 32.6. The number of ether oxygens (including phenoxy) is 1. The summed E-state index contributed by atoms with van der Waals surface area (Å²) in [4.78, 5) is 8.50. The Labute approximate surface area is 179 Å². The van der Waals surface area contributed by atoms with Crippen LogP contribution in [0, 0.1) is 18.6 Å². The van der Waals surface area contributed by atoms with E-state index >= 15 is 0 Å². The lowest BCUT2D eigenvalue weighted by Crippen LogP contribution is -2.49. The van der Waals surface area contributed by atoms with Gasteiger partial charge in [-0.15, -0.1) is 0 Å². The molecule has 0 spiro atoms. The number of piperazine rings is 1. The number of nitrogens with zero attached hydrogens (tertiary/aromatic N) is 4. The van der Waals surface area contributed by atoms with E-state index in [-0.39, 0.29) is 11.7 Å². The van der Waals surface area contributed by atoms with Crippen molar-refractivity contribution in [3.63, 3.8) is 0 Å². The molecular weight excluding hydrogens is 402 g/mol. The van der Waals surface area contributed by atoms with Gasteiger partial charge in [-0.1, -0.05) is 11.2 Å². The van der Waals surface area contributed by atoms with Crippen molar-refractivity contribution in [2.24, 2.45) is 5.16 Å². The molecule has 4 rings (SSSR count). The molecule has 0 amide bonds. The lowest BCUT2D eigenvalue weighted by Gasteiger charge is -2.37. The number of benzene rings is 2. The van der Waals surface area contributed by atoms with Crippen molar-refractivity contribution in [1.82, 2.24) is 9.88 Å². The number of amidine groups is 1. The highest BCUT2D eigenvalue weighted by Gasteiger charge is 2.25. The molecule has 3 aromatic rings. The molecule has 6 nitrogen and oxygen atoms in total. The summed E-state index contributed by atoms with van der Waals surface area (Å²) in [6.45, 7) is 4.33. The molecule has 0 aliphatic carbocycles. The van der Waals surface area contributed by atoms with E-state index in [1.54, 1.807) is 36.4 Å². The molecule has 1 N–H and O–H groups in total. The molecule has 2 aromatic carbocycles. The molecule has 0 atom stereocenters. The van der Waals surface area contributed by atoms with Crippen molar-refractivity contribution in [3.8, 4) is 11.6 Å². The van der Waals surface area contributed by atoms with Crippen molar-refractivity contribution in [1.29, 1.82) is 0 Å². The Morgan fingerprint density at radius 2 is 1.71 bits per heavy atom. The van der Waals surface area contributed by atoms with Gasteiger partial charge in [0, 0.05) is 43.6 Å². The van der Waals surface area contributed by atoms with Gasteiger partial charge in [0.05, 0.1) is 5.56 Å². The first-order valence-corrected chi connectivity index (χ1v) is 9.92. The van der Waals surface area contributed by atoms with E-state index in [1.165, 1.54) is 24.3 Å². The standard InChI is InChI=1S/C23H22F2N4O2/c1-16-5-10-21(23(26-16)31-20-4-2-3-18(25)15-20)22(27-30)29-13-11-28(12-14-29)19-8-6-17(24)7-9-19/h2-10,15,30H,11-14H2,1H3/b27-22-. The third-order valence-electron chi connectivity index (χ3n) is 5.12. The smallest absolute Gasteiger partial charge is 0.230 e. The zero-order chi connectivity index (χ0) is 21.8. The van der Waals surface area contributed by atoms with Crippen LogP contribution in [0.25, 0.3) is 0 Å². The molecule has 31 heavy (non-hydrogen) atoms. The first-order valence-electron chi connectivity index (χ1n) is 9.92. The molecule has 1 aliphatic rings. The van der Waals surface area contributed by atoms with Gasteiger partial charge in [-0.05, 0) is 55.5 Å². The van der Waals surface area contributed by atoms with Crippen LogP contribution >= 0.6 is 0 Å². The van der Waals surface area contributed by atoms with Crippen molar-refractivity contribution in [2.75, 3.05) is 31.1 Å². The molecule has 1 aliphatic heterocycles. The van der Waals surface area contributed by atoms with Gasteiger partial charge in [0.15, 0.2) is 5.84 Å². The lowest BCUT2D eigenvalue weighted by molar-refractivity contribution is 0.295. The van der Waals surface area contributed by atoms with Gasteiger partial charge in [-0.3, -0.25) is 0 Å². The number of rotatable bonds is 4. The summed E-state index contributed by atoms with van der Waals surface area (Å²) in [6, 6.07) is 15.7. The van der Waals surface area contributed by atoms with Gasteiger partial charge >= 0.3 is 0 Å². The normalized spacial score (nSPS) is 14.6. The number of anilines is 1. The monoisotopic (exact) mass is 424 g/mol. The topological polar surface area (TPSA) is 61.2 Å². The van der Waals surface area contributed by atoms with E-state index in [0.29, 0.717) is 49.0 Å². The number of hydrogen-bond donors (Lipinski definition) is 1. The van der Waals surface area contributed by atoms with Gasteiger partial charge < -0.3 is 19.7 Å². The van der Waals surface area contributed by atoms with E-state index < -0.39 is 5.82 Å². The number of pyridine rings is 1. The zero-order valence-corrected chi connectivity index (χ0v) is 17.0.